The van der Waals surface area contributed by atoms with Gasteiger partial charge in [-0.3, -0.25) is 14.3 Å². The molecule has 0 spiro atoms. The summed E-state index contributed by atoms with van der Waals surface area (Å²) in [6, 6.07) is 0. The van der Waals surface area contributed by atoms with Gasteiger partial charge in [-0.25, -0.2) is 0 Å². The lowest BCUT2D eigenvalue weighted by Crippen LogP contribution is -2.66. The topological polar surface area (TPSA) is 138 Å². The molecule has 10 nitrogen and oxygen atoms in total. The molecule has 4 aliphatic heterocycles. The van der Waals surface area contributed by atoms with Crippen LogP contribution >= 0.6 is 0 Å². The quantitative estimate of drug-likeness (QED) is 0.285. The first kappa shape index (κ1) is 25.1. The van der Waals surface area contributed by atoms with Crippen molar-refractivity contribution < 1.29 is 48.3 Å². The van der Waals surface area contributed by atoms with Crippen molar-refractivity contribution in [3.8, 4) is 0 Å². The van der Waals surface area contributed by atoms with Crippen molar-refractivity contribution in [2.45, 2.75) is 90.1 Å². The summed E-state index contributed by atoms with van der Waals surface area (Å²) in [5, 5.41) is 22.3. The van der Waals surface area contributed by atoms with Gasteiger partial charge in [0.1, 0.15) is 17.8 Å². The van der Waals surface area contributed by atoms with Gasteiger partial charge in [-0.2, -0.15) is 0 Å². The predicted octanol–water partition coefficient (Wildman–Crippen LogP) is 2.03. The zero-order valence-electron chi connectivity index (χ0n) is 22.1. The number of carboxylic acids is 1. The first-order valence-corrected chi connectivity index (χ1v) is 13.9. The highest BCUT2D eigenvalue weighted by molar-refractivity contribution is 5.90. The molecule has 208 valence electrons. The second-order valence-corrected chi connectivity index (χ2v) is 13.1. The lowest BCUT2D eigenvalue weighted by molar-refractivity contribution is -0.447. The summed E-state index contributed by atoms with van der Waals surface area (Å²) in [7, 11) is 0. The fraction of sp³-hybridized carbons (Fsp3) is 0.821. The summed E-state index contributed by atoms with van der Waals surface area (Å²) in [6.07, 6.45) is 1.24. The van der Waals surface area contributed by atoms with E-state index in [4.69, 9.17) is 23.7 Å². The van der Waals surface area contributed by atoms with Gasteiger partial charge in [-0.15, -0.1) is 0 Å². The molecule has 13 unspecified atom stereocenters. The third-order valence-electron chi connectivity index (χ3n) is 11.4. The number of aliphatic carboxylic acids is 1. The number of carboxylic acid groups (broad SMARTS) is 1. The largest absolute Gasteiger partial charge is 0.481 e. The highest BCUT2D eigenvalue weighted by Crippen LogP contribution is 2.82. The van der Waals surface area contributed by atoms with Crippen molar-refractivity contribution in [2.24, 2.45) is 45.8 Å². The lowest BCUT2D eigenvalue weighted by Gasteiger charge is -2.58. The summed E-state index contributed by atoms with van der Waals surface area (Å²) in [6.45, 7) is 7.41. The van der Waals surface area contributed by atoms with Crippen molar-refractivity contribution in [2.75, 3.05) is 6.61 Å². The van der Waals surface area contributed by atoms with E-state index in [9.17, 15) is 24.6 Å². The molecule has 8 rings (SSSR count). The van der Waals surface area contributed by atoms with Crippen molar-refractivity contribution >= 4 is 18.2 Å². The number of rotatable bonds is 7. The number of carbonyl (C=O) groups is 3. The lowest BCUT2D eigenvalue weighted by atomic mass is 9.43. The van der Waals surface area contributed by atoms with Crippen molar-refractivity contribution in [1.82, 2.24) is 0 Å². The maximum absolute atomic E-state index is 13.6. The van der Waals surface area contributed by atoms with E-state index >= 15 is 0 Å². The van der Waals surface area contributed by atoms with E-state index in [1.54, 1.807) is 0 Å². The van der Waals surface area contributed by atoms with Gasteiger partial charge in [0.05, 0.1) is 12.0 Å². The smallest absolute Gasteiger partial charge is 0.316 e. The summed E-state index contributed by atoms with van der Waals surface area (Å²) >= 11 is 0. The van der Waals surface area contributed by atoms with Gasteiger partial charge in [0, 0.05) is 12.3 Å². The zero-order chi connectivity index (χ0) is 27.0. The van der Waals surface area contributed by atoms with E-state index in [0.717, 1.165) is 24.7 Å². The Labute approximate surface area is 221 Å². The number of esters is 1. The van der Waals surface area contributed by atoms with Gasteiger partial charge < -0.3 is 34.0 Å². The highest BCUT2D eigenvalue weighted by atomic mass is 17.0. The highest BCUT2D eigenvalue weighted by Gasteiger charge is 2.85. The third kappa shape index (κ3) is 2.56. The van der Waals surface area contributed by atoms with Gasteiger partial charge in [-0.05, 0) is 48.9 Å². The van der Waals surface area contributed by atoms with Crippen LogP contribution in [-0.2, 0) is 38.1 Å². The Bertz CT molecular complexity index is 1130. The van der Waals surface area contributed by atoms with Crippen LogP contribution in [0.15, 0.2) is 11.6 Å². The number of aliphatic hydroxyl groups is 1. The molecule has 0 aromatic carbocycles. The van der Waals surface area contributed by atoms with Crippen LogP contribution in [0.3, 0.4) is 0 Å². The maximum atomic E-state index is 13.6. The van der Waals surface area contributed by atoms with E-state index < -0.39 is 64.9 Å². The number of hydrogen-bond acceptors (Lipinski definition) is 9. The van der Waals surface area contributed by atoms with Crippen LogP contribution in [0.5, 0.6) is 0 Å². The third-order valence-corrected chi connectivity index (χ3v) is 11.4. The average Bonchev–Trinajstić information content (AvgIpc) is 3.58. The summed E-state index contributed by atoms with van der Waals surface area (Å²) in [4.78, 5) is 38.4. The monoisotopic (exact) mass is 532 g/mol. The molecular formula is C28H36O10. The molecule has 4 saturated heterocycles. The molecule has 0 radical (unpaired) electrons. The Balaban J connectivity index is 1.29. The van der Waals surface area contributed by atoms with Crippen LogP contribution in [0.1, 0.15) is 53.4 Å². The maximum Gasteiger partial charge on any atom is 0.316 e. The summed E-state index contributed by atoms with van der Waals surface area (Å²) in [5.74, 6) is -2.98. The molecule has 3 saturated carbocycles. The number of carbonyl (C=O) groups excluding carboxylic acids is 2. The second kappa shape index (κ2) is 7.66. The second-order valence-electron chi connectivity index (χ2n) is 13.1. The minimum atomic E-state index is -1.86. The Morgan fingerprint density at radius 1 is 1.21 bits per heavy atom. The normalized spacial score (nSPS) is 54.9. The Morgan fingerprint density at radius 2 is 1.97 bits per heavy atom. The van der Waals surface area contributed by atoms with Crippen molar-refractivity contribution in [3.63, 3.8) is 0 Å². The van der Waals surface area contributed by atoms with Crippen LogP contribution in [0.4, 0.5) is 0 Å². The summed E-state index contributed by atoms with van der Waals surface area (Å²) < 4.78 is 29.5. The SMILES string of the molecule is CC(=O)OC1C2OC3(OCC45CC6C(C)CCC6C6(C=O)CC4C=C(C(C)C)C65C(=O)O)OC2OC1C3O. The number of fused-ring (bicyclic) bond motifs is 2. The zero-order valence-corrected chi connectivity index (χ0v) is 22.1. The van der Waals surface area contributed by atoms with Gasteiger partial charge in [-0.1, -0.05) is 38.8 Å². The predicted molar refractivity (Wildman–Crippen MR) is 127 cm³/mol. The molecular weight excluding hydrogens is 496 g/mol. The number of aliphatic hydroxyl groups excluding tert-OH is 1. The van der Waals surface area contributed by atoms with Crippen molar-refractivity contribution in [1.29, 1.82) is 0 Å². The molecule has 10 heteroatoms. The molecule has 7 fully saturated rings. The fourth-order valence-electron chi connectivity index (χ4n) is 10.2. The van der Waals surface area contributed by atoms with Gasteiger partial charge in [0.2, 0.25) is 0 Å². The molecule has 8 aliphatic rings. The Morgan fingerprint density at radius 3 is 2.63 bits per heavy atom. The molecule has 38 heavy (non-hydrogen) atoms. The molecule has 0 amide bonds. The van der Waals surface area contributed by atoms with E-state index in [0.29, 0.717) is 18.8 Å². The minimum absolute atomic E-state index is 0.0130. The van der Waals surface area contributed by atoms with Gasteiger partial charge >= 0.3 is 17.9 Å². The van der Waals surface area contributed by atoms with Crippen molar-refractivity contribution in [3.05, 3.63) is 11.6 Å². The Kier molecular flexibility index (Phi) is 5.07. The summed E-state index contributed by atoms with van der Waals surface area (Å²) in [5.41, 5.74) is -2.50. The standard InChI is InChI=1S/C28H36O10/c1-12(2)18-7-15-8-25(10-29)17-6-5-13(3)16(17)9-26(15,27(18,25)24(32)33)11-34-28-22(31)20-19(35-14(4)30)21(37-28)23(36-20)38-28/h7,10,12-13,15-17,19-23,31H,5-6,8-9,11H2,1-4H3,(H,32,33). The van der Waals surface area contributed by atoms with Crippen LogP contribution in [0.2, 0.25) is 0 Å². The molecule has 4 heterocycles. The van der Waals surface area contributed by atoms with E-state index in [2.05, 4.69) is 13.0 Å². The molecule has 4 aliphatic carbocycles. The van der Waals surface area contributed by atoms with Crippen LogP contribution in [-0.4, -0.2) is 71.7 Å². The molecule has 0 aromatic heterocycles. The number of aldehydes is 1. The number of ether oxygens (including phenoxy) is 5. The first-order chi connectivity index (χ1) is 18.0. The molecule has 2 N–H and O–H groups in total. The van der Waals surface area contributed by atoms with E-state index in [1.165, 1.54) is 6.92 Å². The van der Waals surface area contributed by atoms with Crippen LogP contribution in [0.25, 0.3) is 0 Å². The van der Waals surface area contributed by atoms with Gasteiger partial charge in [0.15, 0.2) is 24.6 Å². The van der Waals surface area contributed by atoms with Crippen LogP contribution < -0.4 is 0 Å². The van der Waals surface area contributed by atoms with Crippen LogP contribution in [0, 0.1) is 45.8 Å². The van der Waals surface area contributed by atoms with E-state index in [1.807, 2.05) is 13.8 Å². The molecule has 13 atom stereocenters. The minimum Gasteiger partial charge on any atom is -0.481 e. The number of hydrogen-bond donors (Lipinski definition) is 2. The average molecular weight is 533 g/mol. The van der Waals surface area contributed by atoms with E-state index in [-0.39, 0.29) is 30.3 Å². The Hall–Kier alpha value is -1.85. The number of allylic oxidation sites excluding steroid dienone is 1. The first-order valence-electron chi connectivity index (χ1n) is 13.9. The molecule has 8 bridgehead atoms. The fourth-order valence-corrected chi connectivity index (χ4v) is 10.2. The molecule has 0 aromatic rings. The van der Waals surface area contributed by atoms with Gasteiger partial charge in [0.25, 0.3) is 0 Å².